The molecule has 1 aromatic rings. The zero-order valence-corrected chi connectivity index (χ0v) is 13.3. The fraction of sp³-hybridized carbons (Fsp3) is 0.500. The van der Waals surface area contributed by atoms with Crippen LogP contribution in [0.3, 0.4) is 0 Å². The number of rotatable bonds is 5. The van der Waals surface area contributed by atoms with Crippen LogP contribution in [0.25, 0.3) is 0 Å². The minimum atomic E-state index is -4.36. The number of hydrogen-bond donors (Lipinski definition) is 3. The Morgan fingerprint density at radius 2 is 1.96 bits per heavy atom. The van der Waals surface area contributed by atoms with E-state index in [1.54, 1.807) is 0 Å². The van der Waals surface area contributed by atoms with Crippen molar-refractivity contribution in [3.05, 3.63) is 45.0 Å². The van der Waals surface area contributed by atoms with Crippen molar-refractivity contribution in [1.82, 2.24) is 9.55 Å². The third-order valence-electron chi connectivity index (χ3n) is 3.36. The quantitative estimate of drug-likeness (QED) is 0.585. The molecule has 0 spiro atoms. The molecule has 23 heavy (non-hydrogen) atoms. The Bertz CT molecular complexity index is 735. The molecule has 1 aliphatic heterocycles. The Morgan fingerprint density at radius 1 is 1.30 bits per heavy atom. The minimum Gasteiger partial charge on any atom is -0.375 e. The van der Waals surface area contributed by atoms with E-state index in [-0.39, 0.29) is 0 Å². The molecule has 2 heterocycles. The number of aromatic amines is 1. The number of H-pyrrole nitrogens is 1. The Kier molecular flexibility index (Phi) is 5.35. The second-order valence-electron chi connectivity index (χ2n) is 4.84. The van der Waals surface area contributed by atoms with Gasteiger partial charge in [0, 0.05) is 32.3 Å². The highest BCUT2D eigenvalue weighted by molar-refractivity contribution is 7.55. The predicted octanol–water partition coefficient (Wildman–Crippen LogP) is -0.845. The van der Waals surface area contributed by atoms with Crippen LogP contribution in [0, 0.1) is 0 Å². The number of aromatic nitrogens is 2. The van der Waals surface area contributed by atoms with Crippen LogP contribution in [0.5, 0.6) is 0 Å². The minimum absolute atomic E-state index is 0.556. The molecule has 1 unspecified atom stereocenters. The van der Waals surface area contributed by atoms with Crippen LogP contribution >= 0.6 is 7.60 Å². The highest BCUT2D eigenvalue weighted by Gasteiger charge is 2.45. The van der Waals surface area contributed by atoms with Gasteiger partial charge in [-0.15, -0.1) is 0 Å². The van der Waals surface area contributed by atoms with Crippen LogP contribution in [0.1, 0.15) is 6.23 Å². The van der Waals surface area contributed by atoms with Crippen molar-refractivity contribution in [3.63, 3.8) is 0 Å². The monoisotopic (exact) mass is 348 g/mol. The van der Waals surface area contributed by atoms with Crippen molar-refractivity contribution in [1.29, 1.82) is 0 Å². The summed E-state index contributed by atoms with van der Waals surface area (Å²) >= 11 is 0. The number of methoxy groups -OCH3 is 2. The molecular formula is C12H17N2O8P. The van der Waals surface area contributed by atoms with E-state index in [9.17, 15) is 14.2 Å². The Hall–Kier alpha value is -1.55. The molecule has 10 nitrogen and oxygen atoms in total. The van der Waals surface area contributed by atoms with Gasteiger partial charge in [-0.25, -0.2) is 4.79 Å². The molecule has 0 aromatic carbocycles. The summed E-state index contributed by atoms with van der Waals surface area (Å²) in [5.41, 5.74) is -1.25. The normalized spacial score (nSPS) is 28.5. The van der Waals surface area contributed by atoms with Crippen LogP contribution in [0.2, 0.25) is 0 Å². The van der Waals surface area contributed by atoms with Gasteiger partial charge in [0.2, 0.25) is 0 Å². The van der Waals surface area contributed by atoms with Crippen molar-refractivity contribution < 1.29 is 28.6 Å². The van der Waals surface area contributed by atoms with E-state index >= 15 is 0 Å². The van der Waals surface area contributed by atoms with Crippen molar-refractivity contribution in [3.8, 4) is 0 Å². The fourth-order valence-electron chi connectivity index (χ4n) is 2.39. The van der Waals surface area contributed by atoms with Gasteiger partial charge in [-0.2, -0.15) is 0 Å². The molecule has 0 saturated carbocycles. The van der Waals surface area contributed by atoms with Crippen molar-refractivity contribution >= 4 is 7.60 Å². The predicted molar refractivity (Wildman–Crippen MR) is 78.0 cm³/mol. The molecule has 11 heteroatoms. The lowest BCUT2D eigenvalue weighted by molar-refractivity contribution is -0.0536. The van der Waals surface area contributed by atoms with E-state index in [1.807, 2.05) is 0 Å². The third kappa shape index (κ3) is 4.05. The maximum Gasteiger partial charge on any atom is 0.348 e. The molecule has 1 fully saturated rings. The molecule has 3 N–H and O–H groups in total. The first-order valence-electron chi connectivity index (χ1n) is 6.54. The molecule has 1 saturated heterocycles. The van der Waals surface area contributed by atoms with E-state index in [0.29, 0.717) is 5.82 Å². The van der Waals surface area contributed by atoms with Crippen LogP contribution in [-0.2, 0) is 18.8 Å². The van der Waals surface area contributed by atoms with Gasteiger partial charge in [0.25, 0.3) is 5.56 Å². The standard InChI is InChI=1S/C12H17N2O8P/c1-20-9-7(4-6-23(17,18)19)22-11(10(9)21-2)14-5-3-8(15)13-12(14)16/h3-7,9-11H,1-2H3,(H,13,15,16)(H2,17,18,19)/b6-4+/t7-,9?,10+,11-/m1/s1. The largest absolute Gasteiger partial charge is 0.375 e. The molecule has 2 rings (SSSR count). The average Bonchev–Trinajstić information content (AvgIpc) is 2.81. The Balaban J connectivity index is 2.37. The molecule has 0 radical (unpaired) electrons. The fourth-order valence-corrected chi connectivity index (χ4v) is 2.78. The summed E-state index contributed by atoms with van der Waals surface area (Å²) in [5, 5.41) is 0. The second kappa shape index (κ2) is 6.91. The summed E-state index contributed by atoms with van der Waals surface area (Å²) in [6.45, 7) is 0. The molecule has 0 bridgehead atoms. The summed E-state index contributed by atoms with van der Waals surface area (Å²) in [6.07, 6.45) is -0.791. The molecule has 1 aromatic heterocycles. The van der Waals surface area contributed by atoms with E-state index in [4.69, 9.17) is 24.0 Å². The van der Waals surface area contributed by atoms with E-state index < -0.39 is 43.4 Å². The van der Waals surface area contributed by atoms with Gasteiger partial charge >= 0.3 is 13.3 Å². The maximum absolute atomic E-state index is 11.9. The zero-order chi connectivity index (χ0) is 17.2. The summed E-state index contributed by atoms with van der Waals surface area (Å²) in [7, 11) is -1.59. The molecule has 1 aliphatic rings. The van der Waals surface area contributed by atoms with Crippen molar-refractivity contribution in [2.45, 2.75) is 24.5 Å². The lowest BCUT2D eigenvalue weighted by Gasteiger charge is -2.21. The third-order valence-corrected chi connectivity index (χ3v) is 3.93. The number of nitrogens with zero attached hydrogens (tertiary/aromatic N) is 1. The lowest BCUT2D eigenvalue weighted by Crippen LogP contribution is -2.39. The second-order valence-corrected chi connectivity index (χ2v) is 6.32. The summed E-state index contributed by atoms with van der Waals surface area (Å²) < 4.78 is 28.3. The number of nitrogens with one attached hydrogen (secondary N) is 1. The topological polar surface area (TPSA) is 140 Å². The molecule has 4 atom stereocenters. The lowest BCUT2D eigenvalue weighted by atomic mass is 10.1. The van der Waals surface area contributed by atoms with Gasteiger partial charge in [-0.3, -0.25) is 18.9 Å². The highest BCUT2D eigenvalue weighted by atomic mass is 31.2. The summed E-state index contributed by atoms with van der Waals surface area (Å²) in [5.74, 6) is 0.703. The van der Waals surface area contributed by atoms with Gasteiger partial charge in [-0.05, 0) is 6.08 Å². The molecule has 0 aliphatic carbocycles. The highest BCUT2D eigenvalue weighted by Crippen LogP contribution is 2.39. The van der Waals surface area contributed by atoms with Crippen LogP contribution in [0.15, 0.2) is 33.7 Å². The van der Waals surface area contributed by atoms with E-state index in [2.05, 4.69) is 4.98 Å². The smallest absolute Gasteiger partial charge is 0.348 e. The Labute approximate surface area is 130 Å². The van der Waals surface area contributed by atoms with Gasteiger partial charge in [0.15, 0.2) is 6.23 Å². The average molecular weight is 348 g/mol. The van der Waals surface area contributed by atoms with Crippen LogP contribution in [0.4, 0.5) is 0 Å². The molecule has 0 amide bonds. The summed E-state index contributed by atoms with van der Waals surface area (Å²) in [4.78, 5) is 43.0. The first-order chi connectivity index (χ1) is 10.8. The summed E-state index contributed by atoms with van der Waals surface area (Å²) in [6, 6.07) is 1.15. The Morgan fingerprint density at radius 3 is 2.48 bits per heavy atom. The van der Waals surface area contributed by atoms with Crippen molar-refractivity contribution in [2.75, 3.05) is 14.2 Å². The SMILES string of the molecule is COC1[C@@H](/C=C/P(=O)(O)O)O[C@@H](n2ccc(=O)[nH]c2=O)[C@H]1OC. The number of ether oxygens (including phenoxy) is 3. The van der Waals surface area contributed by atoms with E-state index in [0.717, 1.165) is 16.7 Å². The van der Waals surface area contributed by atoms with Crippen molar-refractivity contribution in [2.24, 2.45) is 0 Å². The first kappa shape index (κ1) is 17.8. The molecule has 128 valence electrons. The molecular weight excluding hydrogens is 331 g/mol. The first-order valence-corrected chi connectivity index (χ1v) is 8.22. The van der Waals surface area contributed by atoms with Gasteiger partial charge in [-0.1, -0.05) is 0 Å². The van der Waals surface area contributed by atoms with Gasteiger partial charge < -0.3 is 24.0 Å². The van der Waals surface area contributed by atoms with Gasteiger partial charge in [0.05, 0.1) is 0 Å². The van der Waals surface area contributed by atoms with Gasteiger partial charge in [0.1, 0.15) is 18.3 Å². The maximum atomic E-state index is 11.9. The number of hydrogen-bond acceptors (Lipinski definition) is 6. The van der Waals surface area contributed by atoms with Crippen LogP contribution in [-0.4, -0.2) is 51.9 Å². The van der Waals surface area contributed by atoms with Crippen LogP contribution < -0.4 is 11.2 Å². The van der Waals surface area contributed by atoms with E-state index in [1.165, 1.54) is 20.4 Å². The zero-order valence-electron chi connectivity index (χ0n) is 12.4.